The third-order valence-corrected chi connectivity index (χ3v) is 2.47. The summed E-state index contributed by atoms with van der Waals surface area (Å²) >= 11 is 0. The molecule has 1 aromatic heterocycles. The van der Waals surface area contributed by atoms with Crippen LogP contribution in [-0.2, 0) is 12.4 Å². The second-order valence-electron chi connectivity index (χ2n) is 3.77. The summed E-state index contributed by atoms with van der Waals surface area (Å²) < 4.78 is 75.3. The average Bonchev–Trinajstić information content (AvgIpc) is 2.25. The molecule has 2 rings (SSSR count). The molecule has 0 aliphatic rings. The fraction of sp³-hybridized carbons (Fsp3) is 0.182. The highest BCUT2D eigenvalue weighted by atomic mass is 19.4. The van der Waals surface area contributed by atoms with E-state index in [1.54, 1.807) is 4.98 Å². The van der Waals surface area contributed by atoms with Crippen molar-refractivity contribution in [2.75, 3.05) is 0 Å². The number of H-pyrrole nitrogens is 1. The summed E-state index contributed by atoms with van der Waals surface area (Å²) in [5.41, 5.74) is -4.48. The number of halogens is 6. The SMILES string of the molecule is O=c1cc(C(F)(F)F)[nH]c2cccc(C(F)(F)F)c12. The molecule has 2 aromatic rings. The maximum atomic E-state index is 12.7. The van der Waals surface area contributed by atoms with E-state index in [4.69, 9.17) is 0 Å². The first-order chi connectivity index (χ1) is 8.60. The summed E-state index contributed by atoms with van der Waals surface area (Å²) in [5.74, 6) is 0. The topological polar surface area (TPSA) is 32.9 Å². The number of aromatic amines is 1. The molecule has 2 nitrogen and oxygen atoms in total. The number of nitrogens with one attached hydrogen (secondary N) is 1. The van der Waals surface area contributed by atoms with E-state index in [1.165, 1.54) is 0 Å². The number of benzene rings is 1. The lowest BCUT2D eigenvalue weighted by atomic mass is 10.1. The molecule has 0 atom stereocenters. The minimum Gasteiger partial charge on any atom is -0.351 e. The molecule has 0 aliphatic heterocycles. The standard InChI is InChI=1S/C11H5F6NO/c12-10(13,14)5-2-1-3-6-9(5)7(19)4-8(18-6)11(15,16)17/h1-4H,(H,18,19). The van der Waals surface area contributed by atoms with Crippen LogP contribution < -0.4 is 5.43 Å². The van der Waals surface area contributed by atoms with Gasteiger partial charge in [0.25, 0.3) is 0 Å². The van der Waals surface area contributed by atoms with Gasteiger partial charge in [-0.2, -0.15) is 26.3 Å². The number of aromatic nitrogens is 1. The Morgan fingerprint density at radius 1 is 0.947 bits per heavy atom. The number of fused-ring (bicyclic) bond motifs is 1. The molecule has 1 aromatic carbocycles. The van der Waals surface area contributed by atoms with Gasteiger partial charge in [-0.05, 0) is 12.1 Å². The number of alkyl halides is 6. The summed E-state index contributed by atoms with van der Waals surface area (Å²) in [6.45, 7) is 0. The molecule has 0 radical (unpaired) electrons. The molecule has 102 valence electrons. The van der Waals surface area contributed by atoms with Crippen LogP contribution in [-0.4, -0.2) is 4.98 Å². The normalized spacial score (nSPS) is 12.9. The van der Waals surface area contributed by atoms with Gasteiger partial charge in [0.2, 0.25) is 0 Å². The zero-order chi connectivity index (χ0) is 14.4. The van der Waals surface area contributed by atoms with E-state index in [9.17, 15) is 31.1 Å². The van der Waals surface area contributed by atoms with E-state index in [0.717, 1.165) is 12.1 Å². The van der Waals surface area contributed by atoms with Gasteiger partial charge in [-0.1, -0.05) is 6.07 Å². The Bertz CT molecular complexity index is 682. The van der Waals surface area contributed by atoms with Gasteiger partial charge in [-0.3, -0.25) is 4.79 Å². The van der Waals surface area contributed by atoms with Crippen molar-refractivity contribution in [1.82, 2.24) is 4.98 Å². The zero-order valence-corrected chi connectivity index (χ0v) is 8.99. The van der Waals surface area contributed by atoms with Gasteiger partial charge in [-0.15, -0.1) is 0 Å². The van der Waals surface area contributed by atoms with Crippen LogP contribution in [0.2, 0.25) is 0 Å². The molecule has 8 heteroatoms. The lowest BCUT2D eigenvalue weighted by Crippen LogP contribution is -2.17. The van der Waals surface area contributed by atoms with Gasteiger partial charge in [-0.25, -0.2) is 0 Å². The third-order valence-electron chi connectivity index (χ3n) is 2.47. The molecule has 0 saturated heterocycles. The summed E-state index contributed by atoms with van der Waals surface area (Å²) in [6, 6.07) is 2.69. The number of hydrogen-bond donors (Lipinski definition) is 1. The van der Waals surface area contributed by atoms with Crippen LogP contribution in [0.4, 0.5) is 26.3 Å². The Balaban J connectivity index is 2.85. The van der Waals surface area contributed by atoms with E-state index >= 15 is 0 Å². The van der Waals surface area contributed by atoms with E-state index in [-0.39, 0.29) is 6.07 Å². The monoisotopic (exact) mass is 281 g/mol. The van der Waals surface area contributed by atoms with Gasteiger partial charge in [0.05, 0.1) is 16.5 Å². The largest absolute Gasteiger partial charge is 0.431 e. The molecular formula is C11H5F6NO. The van der Waals surface area contributed by atoms with E-state index in [1.807, 2.05) is 0 Å². The number of rotatable bonds is 0. The highest BCUT2D eigenvalue weighted by Gasteiger charge is 2.36. The summed E-state index contributed by atoms with van der Waals surface area (Å²) in [6.07, 6.45) is -9.64. The number of pyridine rings is 1. The fourth-order valence-electron chi connectivity index (χ4n) is 1.70. The summed E-state index contributed by atoms with van der Waals surface area (Å²) in [7, 11) is 0. The Kier molecular flexibility index (Phi) is 2.83. The van der Waals surface area contributed by atoms with Crippen LogP contribution in [0.25, 0.3) is 10.9 Å². The highest BCUT2D eigenvalue weighted by Crippen LogP contribution is 2.34. The maximum Gasteiger partial charge on any atom is 0.431 e. The zero-order valence-electron chi connectivity index (χ0n) is 8.99. The highest BCUT2D eigenvalue weighted by molar-refractivity contribution is 5.82. The minimum atomic E-state index is -4.83. The van der Waals surface area contributed by atoms with Crippen molar-refractivity contribution in [2.24, 2.45) is 0 Å². The van der Waals surface area contributed by atoms with Crippen LogP contribution in [0.1, 0.15) is 11.3 Å². The van der Waals surface area contributed by atoms with E-state index < -0.39 is 39.9 Å². The number of hydrogen-bond acceptors (Lipinski definition) is 1. The van der Waals surface area contributed by atoms with Crippen molar-refractivity contribution >= 4 is 10.9 Å². The maximum absolute atomic E-state index is 12.7. The smallest absolute Gasteiger partial charge is 0.351 e. The van der Waals surface area contributed by atoms with Gasteiger partial charge in [0, 0.05) is 6.07 Å². The van der Waals surface area contributed by atoms with Crippen LogP contribution >= 0.6 is 0 Å². The van der Waals surface area contributed by atoms with Gasteiger partial charge < -0.3 is 4.98 Å². The summed E-state index contributed by atoms with van der Waals surface area (Å²) in [5, 5.41) is -0.803. The van der Waals surface area contributed by atoms with Crippen LogP contribution in [0.15, 0.2) is 29.1 Å². The van der Waals surface area contributed by atoms with Crippen molar-refractivity contribution in [3.8, 4) is 0 Å². The van der Waals surface area contributed by atoms with Crippen molar-refractivity contribution < 1.29 is 26.3 Å². The summed E-state index contributed by atoms with van der Waals surface area (Å²) in [4.78, 5) is 13.3. The molecule has 0 bridgehead atoms. The first kappa shape index (κ1) is 13.4. The minimum absolute atomic E-state index is 0.123. The Morgan fingerprint density at radius 2 is 1.58 bits per heavy atom. The van der Waals surface area contributed by atoms with Crippen molar-refractivity contribution in [2.45, 2.75) is 12.4 Å². The van der Waals surface area contributed by atoms with Crippen LogP contribution in [0.3, 0.4) is 0 Å². The molecule has 0 saturated carbocycles. The fourth-order valence-corrected chi connectivity index (χ4v) is 1.70. The molecule has 0 fully saturated rings. The van der Waals surface area contributed by atoms with Gasteiger partial charge in [0.15, 0.2) is 5.43 Å². The predicted octanol–water partition coefficient (Wildman–Crippen LogP) is 3.57. The van der Waals surface area contributed by atoms with E-state index in [0.29, 0.717) is 6.07 Å². The van der Waals surface area contributed by atoms with Crippen LogP contribution in [0.5, 0.6) is 0 Å². The van der Waals surface area contributed by atoms with Gasteiger partial charge >= 0.3 is 12.4 Å². The second-order valence-corrected chi connectivity index (χ2v) is 3.77. The average molecular weight is 281 g/mol. The Labute approximate surface area is 101 Å². The van der Waals surface area contributed by atoms with Crippen molar-refractivity contribution in [1.29, 1.82) is 0 Å². The molecular weight excluding hydrogens is 276 g/mol. The molecule has 0 amide bonds. The van der Waals surface area contributed by atoms with E-state index in [2.05, 4.69) is 0 Å². The first-order valence-corrected chi connectivity index (χ1v) is 4.91. The molecule has 0 aliphatic carbocycles. The van der Waals surface area contributed by atoms with Crippen LogP contribution in [0, 0.1) is 0 Å². The third kappa shape index (κ3) is 2.42. The van der Waals surface area contributed by atoms with Crippen molar-refractivity contribution in [3.05, 3.63) is 45.7 Å². The first-order valence-electron chi connectivity index (χ1n) is 4.91. The molecule has 0 unspecified atom stereocenters. The molecule has 0 spiro atoms. The van der Waals surface area contributed by atoms with Gasteiger partial charge in [0.1, 0.15) is 5.69 Å². The predicted molar refractivity (Wildman–Crippen MR) is 54.6 cm³/mol. The second kappa shape index (κ2) is 4.01. The Hall–Kier alpha value is -1.99. The lowest BCUT2D eigenvalue weighted by Gasteiger charge is -2.12. The molecule has 1 heterocycles. The Morgan fingerprint density at radius 3 is 2.11 bits per heavy atom. The lowest BCUT2D eigenvalue weighted by molar-refractivity contribution is -0.141. The quantitative estimate of drug-likeness (QED) is 0.736. The molecule has 19 heavy (non-hydrogen) atoms. The van der Waals surface area contributed by atoms with Crippen molar-refractivity contribution in [3.63, 3.8) is 0 Å². The molecule has 1 N–H and O–H groups in total.